The highest BCUT2D eigenvalue weighted by Gasteiger charge is 2.27. The average molecular weight is 446 g/mol. The van der Waals surface area contributed by atoms with Gasteiger partial charge in [-0.2, -0.15) is 0 Å². The molecule has 0 unspecified atom stereocenters. The highest BCUT2D eigenvalue weighted by Crippen LogP contribution is 2.20. The van der Waals surface area contributed by atoms with E-state index in [4.69, 9.17) is 9.15 Å². The number of piperidine rings is 1. The summed E-state index contributed by atoms with van der Waals surface area (Å²) in [4.78, 5) is 25.3. The number of likely N-dealkylation sites (tertiary alicyclic amines) is 1. The summed E-state index contributed by atoms with van der Waals surface area (Å²) < 4.78 is 10.9. The van der Waals surface area contributed by atoms with Crippen molar-refractivity contribution in [3.8, 4) is 11.6 Å². The van der Waals surface area contributed by atoms with Crippen LogP contribution in [0.4, 0.5) is 4.79 Å². The van der Waals surface area contributed by atoms with Crippen molar-refractivity contribution in [2.24, 2.45) is 10.9 Å². The number of carbonyl (C=O) groups is 1. The SMILES string of the molecule is CCN(CC1CCN(C(=NC)NCc2nc(-c3ccco3)n[nH]2)CC1)C(=O)OC(C)(C)C. The van der Waals surface area contributed by atoms with E-state index >= 15 is 0 Å². The molecule has 2 aromatic rings. The van der Waals surface area contributed by atoms with E-state index < -0.39 is 5.60 Å². The number of rotatable bonds is 6. The second-order valence-electron chi connectivity index (χ2n) is 8.93. The fraction of sp³-hybridized carbons (Fsp3) is 0.636. The first-order valence-corrected chi connectivity index (χ1v) is 11.2. The Morgan fingerprint density at radius 3 is 2.75 bits per heavy atom. The van der Waals surface area contributed by atoms with Crippen molar-refractivity contribution >= 4 is 12.1 Å². The Bertz CT molecular complexity index is 878. The lowest BCUT2D eigenvalue weighted by Crippen LogP contribution is -2.47. The number of nitrogens with one attached hydrogen (secondary N) is 2. The number of aliphatic imine (C=N–C) groups is 1. The van der Waals surface area contributed by atoms with Crippen LogP contribution in [0.5, 0.6) is 0 Å². The number of H-pyrrole nitrogens is 1. The van der Waals surface area contributed by atoms with Gasteiger partial charge in [0.2, 0.25) is 5.82 Å². The molecule has 32 heavy (non-hydrogen) atoms. The molecule has 176 valence electrons. The summed E-state index contributed by atoms with van der Waals surface area (Å²) in [7, 11) is 1.78. The van der Waals surface area contributed by atoms with E-state index in [0.29, 0.717) is 36.4 Å². The van der Waals surface area contributed by atoms with Gasteiger partial charge in [0.1, 0.15) is 11.4 Å². The van der Waals surface area contributed by atoms with Crippen molar-refractivity contribution in [1.29, 1.82) is 0 Å². The molecule has 0 bridgehead atoms. The lowest BCUT2D eigenvalue weighted by Gasteiger charge is -2.36. The summed E-state index contributed by atoms with van der Waals surface area (Å²) in [6, 6.07) is 3.63. The molecule has 10 heteroatoms. The number of guanidine groups is 1. The fourth-order valence-electron chi connectivity index (χ4n) is 3.68. The fourth-order valence-corrected chi connectivity index (χ4v) is 3.68. The Labute approximate surface area is 189 Å². The highest BCUT2D eigenvalue weighted by molar-refractivity contribution is 5.79. The minimum absolute atomic E-state index is 0.235. The molecule has 0 aromatic carbocycles. The summed E-state index contributed by atoms with van der Waals surface area (Å²) in [5.41, 5.74) is -0.478. The van der Waals surface area contributed by atoms with Crippen molar-refractivity contribution in [3.05, 3.63) is 24.2 Å². The standard InChI is InChI=1S/C22H35N7O3/c1-6-28(21(30)32-22(2,3)4)15-16-9-11-29(12-10-16)20(23-5)24-14-18-25-19(27-26-18)17-8-7-13-31-17/h7-8,13,16H,6,9-12,14-15H2,1-5H3,(H,23,24)(H,25,26,27). The van der Waals surface area contributed by atoms with E-state index in [-0.39, 0.29) is 6.09 Å². The van der Waals surface area contributed by atoms with Crippen LogP contribution in [0.3, 0.4) is 0 Å². The summed E-state index contributed by atoms with van der Waals surface area (Å²) in [5.74, 6) is 3.16. The van der Waals surface area contributed by atoms with E-state index in [1.54, 1.807) is 18.2 Å². The van der Waals surface area contributed by atoms with Crippen LogP contribution < -0.4 is 5.32 Å². The zero-order chi connectivity index (χ0) is 23.1. The predicted molar refractivity (Wildman–Crippen MR) is 122 cm³/mol. The summed E-state index contributed by atoms with van der Waals surface area (Å²) >= 11 is 0. The molecule has 0 radical (unpaired) electrons. The topological polar surface area (TPSA) is 112 Å². The molecule has 3 heterocycles. The van der Waals surface area contributed by atoms with Crippen LogP contribution in [0.25, 0.3) is 11.6 Å². The molecule has 1 fully saturated rings. The van der Waals surface area contributed by atoms with Gasteiger partial charge in [0, 0.05) is 33.2 Å². The van der Waals surface area contributed by atoms with Crippen molar-refractivity contribution in [1.82, 2.24) is 30.3 Å². The van der Waals surface area contributed by atoms with Crippen molar-refractivity contribution < 1.29 is 13.9 Å². The lowest BCUT2D eigenvalue weighted by molar-refractivity contribution is 0.0214. The molecule has 1 saturated heterocycles. The molecule has 2 N–H and O–H groups in total. The maximum absolute atomic E-state index is 12.4. The normalized spacial score (nSPS) is 15.7. The number of nitrogens with zero attached hydrogens (tertiary/aromatic N) is 5. The first-order valence-electron chi connectivity index (χ1n) is 11.2. The van der Waals surface area contributed by atoms with Crippen LogP contribution in [0.2, 0.25) is 0 Å². The molecule has 1 aliphatic heterocycles. The summed E-state index contributed by atoms with van der Waals surface area (Å²) in [6.07, 6.45) is 3.35. The van der Waals surface area contributed by atoms with Gasteiger partial charge in [0.25, 0.3) is 0 Å². The highest BCUT2D eigenvalue weighted by atomic mass is 16.6. The van der Waals surface area contributed by atoms with Gasteiger partial charge in [-0.1, -0.05) is 0 Å². The molecule has 0 aliphatic carbocycles. The average Bonchev–Trinajstić information content (AvgIpc) is 3.44. The van der Waals surface area contributed by atoms with Crippen LogP contribution in [-0.2, 0) is 11.3 Å². The van der Waals surface area contributed by atoms with Crippen molar-refractivity contribution in [2.45, 2.75) is 52.7 Å². The largest absolute Gasteiger partial charge is 0.461 e. The number of amides is 1. The second-order valence-corrected chi connectivity index (χ2v) is 8.93. The van der Waals surface area contributed by atoms with Crippen LogP contribution in [0, 0.1) is 5.92 Å². The number of carbonyl (C=O) groups excluding carboxylic acids is 1. The molecule has 0 saturated carbocycles. The van der Waals surface area contributed by atoms with Crippen molar-refractivity contribution in [2.75, 3.05) is 33.2 Å². The molecule has 0 spiro atoms. The quantitative estimate of drug-likeness (QED) is 0.519. The number of furan rings is 1. The molecule has 2 aromatic heterocycles. The molecular formula is C22H35N7O3. The minimum Gasteiger partial charge on any atom is -0.461 e. The van der Waals surface area contributed by atoms with E-state index in [0.717, 1.165) is 38.4 Å². The van der Waals surface area contributed by atoms with Gasteiger partial charge in [0.05, 0.1) is 12.8 Å². The van der Waals surface area contributed by atoms with Gasteiger partial charge in [-0.25, -0.2) is 9.78 Å². The van der Waals surface area contributed by atoms with E-state index in [1.165, 1.54) is 0 Å². The maximum Gasteiger partial charge on any atom is 0.410 e. The van der Waals surface area contributed by atoms with Crippen LogP contribution in [-0.4, -0.2) is 75.9 Å². The number of ether oxygens (including phenoxy) is 1. The van der Waals surface area contributed by atoms with E-state index in [1.807, 2.05) is 39.8 Å². The number of hydrogen-bond acceptors (Lipinski definition) is 6. The molecular weight excluding hydrogens is 410 g/mol. The third-order valence-electron chi connectivity index (χ3n) is 5.33. The first-order chi connectivity index (χ1) is 15.3. The van der Waals surface area contributed by atoms with E-state index in [2.05, 4.69) is 30.4 Å². The first kappa shape index (κ1) is 23.6. The maximum atomic E-state index is 12.4. The van der Waals surface area contributed by atoms with Gasteiger partial charge >= 0.3 is 6.09 Å². The Morgan fingerprint density at radius 2 is 2.16 bits per heavy atom. The van der Waals surface area contributed by atoms with Crippen LogP contribution in [0.15, 0.2) is 27.8 Å². The Balaban J connectivity index is 1.46. The van der Waals surface area contributed by atoms with Crippen LogP contribution in [0.1, 0.15) is 46.4 Å². The minimum atomic E-state index is -0.478. The summed E-state index contributed by atoms with van der Waals surface area (Å²) in [5, 5.41) is 10.5. The van der Waals surface area contributed by atoms with E-state index in [9.17, 15) is 4.79 Å². The number of hydrogen-bond donors (Lipinski definition) is 2. The van der Waals surface area contributed by atoms with Crippen LogP contribution >= 0.6 is 0 Å². The second kappa shape index (κ2) is 10.5. The Kier molecular flexibility index (Phi) is 7.76. The molecule has 1 aliphatic rings. The Hall–Kier alpha value is -3.04. The van der Waals surface area contributed by atoms with Gasteiger partial charge < -0.3 is 24.3 Å². The summed E-state index contributed by atoms with van der Waals surface area (Å²) in [6.45, 7) is 11.3. The predicted octanol–water partition coefficient (Wildman–Crippen LogP) is 3.11. The Morgan fingerprint density at radius 1 is 1.41 bits per heavy atom. The zero-order valence-electron chi connectivity index (χ0n) is 19.7. The van der Waals surface area contributed by atoms with Gasteiger partial charge in [-0.15, -0.1) is 5.10 Å². The molecule has 3 rings (SSSR count). The monoisotopic (exact) mass is 445 g/mol. The number of aromatic nitrogens is 3. The zero-order valence-corrected chi connectivity index (χ0v) is 19.7. The van der Waals surface area contributed by atoms with Gasteiger partial charge in [-0.3, -0.25) is 10.1 Å². The third kappa shape index (κ3) is 6.48. The lowest BCUT2D eigenvalue weighted by atomic mass is 9.96. The molecule has 1 amide bonds. The smallest absolute Gasteiger partial charge is 0.410 e. The van der Waals surface area contributed by atoms with Crippen molar-refractivity contribution in [3.63, 3.8) is 0 Å². The molecule has 10 nitrogen and oxygen atoms in total. The third-order valence-corrected chi connectivity index (χ3v) is 5.33. The molecule has 0 atom stereocenters. The number of aromatic amines is 1. The van der Waals surface area contributed by atoms with Gasteiger partial charge in [0.15, 0.2) is 11.7 Å². The van der Waals surface area contributed by atoms with Gasteiger partial charge in [-0.05, 0) is 58.6 Å².